The maximum Gasteiger partial charge on any atom is 0.433 e. The fourth-order valence-electron chi connectivity index (χ4n) is 2.21. The van der Waals surface area contributed by atoms with E-state index in [4.69, 9.17) is 16.7 Å². The highest BCUT2D eigenvalue weighted by Crippen LogP contribution is 2.29. The van der Waals surface area contributed by atoms with E-state index in [0.717, 1.165) is 6.07 Å². The Labute approximate surface area is 173 Å². The molecule has 9 nitrogen and oxygen atoms in total. The number of halogens is 4. The molecule has 0 aliphatic carbocycles. The molecule has 0 bridgehead atoms. The molecular formula is C17H15ClF3N7O2. The topological polar surface area (TPSA) is 129 Å². The van der Waals surface area contributed by atoms with Gasteiger partial charge in [0, 0.05) is 6.54 Å². The van der Waals surface area contributed by atoms with Crippen molar-refractivity contribution < 1.29 is 23.4 Å². The summed E-state index contributed by atoms with van der Waals surface area (Å²) in [6, 6.07) is 8.10. The van der Waals surface area contributed by atoms with Crippen LogP contribution in [0, 0.1) is 0 Å². The lowest BCUT2D eigenvalue weighted by Crippen LogP contribution is -2.24. The van der Waals surface area contributed by atoms with Crippen molar-refractivity contribution in [3.63, 3.8) is 0 Å². The molecule has 1 atom stereocenters. The van der Waals surface area contributed by atoms with Crippen LogP contribution in [0.15, 0.2) is 36.4 Å². The Morgan fingerprint density at radius 3 is 2.40 bits per heavy atom. The van der Waals surface area contributed by atoms with Crippen molar-refractivity contribution in [2.75, 3.05) is 23.8 Å². The molecule has 0 radical (unpaired) electrons. The van der Waals surface area contributed by atoms with Gasteiger partial charge in [0.25, 0.3) is 0 Å². The highest BCUT2D eigenvalue weighted by Gasteiger charge is 2.32. The molecule has 0 amide bonds. The number of hydrogen-bond donors (Lipinski definition) is 4. The molecule has 0 aliphatic rings. The zero-order valence-electron chi connectivity index (χ0n) is 15.1. The fourth-order valence-corrected chi connectivity index (χ4v) is 2.37. The average molecular weight is 442 g/mol. The molecule has 3 aromatic rings. The van der Waals surface area contributed by atoms with E-state index < -0.39 is 24.6 Å². The number of aliphatic hydroxyl groups is 2. The minimum absolute atomic E-state index is 0.0463. The second-order valence-corrected chi connectivity index (χ2v) is 6.29. The summed E-state index contributed by atoms with van der Waals surface area (Å²) in [6.07, 6.45) is -5.73. The zero-order chi connectivity index (χ0) is 21.7. The van der Waals surface area contributed by atoms with E-state index >= 15 is 0 Å². The van der Waals surface area contributed by atoms with E-state index in [2.05, 4.69) is 35.6 Å². The Hall–Kier alpha value is -3.09. The number of anilines is 3. The Morgan fingerprint density at radius 1 is 0.967 bits per heavy atom. The predicted molar refractivity (Wildman–Crippen MR) is 102 cm³/mol. The van der Waals surface area contributed by atoms with Crippen LogP contribution in [0.3, 0.4) is 0 Å². The summed E-state index contributed by atoms with van der Waals surface area (Å²) in [6.45, 7) is -0.609. The summed E-state index contributed by atoms with van der Waals surface area (Å²) in [4.78, 5) is 19.8. The maximum atomic E-state index is 13.0. The first-order valence-electron chi connectivity index (χ1n) is 8.47. The molecule has 0 fully saturated rings. The van der Waals surface area contributed by atoms with E-state index in [-0.39, 0.29) is 40.9 Å². The van der Waals surface area contributed by atoms with Crippen LogP contribution in [0.5, 0.6) is 0 Å². The van der Waals surface area contributed by atoms with Gasteiger partial charge in [-0.05, 0) is 24.3 Å². The first-order valence-corrected chi connectivity index (χ1v) is 8.85. The fraction of sp³-hybridized carbons (Fsp3) is 0.235. The Bertz CT molecular complexity index is 1020. The molecule has 3 heterocycles. The summed E-state index contributed by atoms with van der Waals surface area (Å²) < 4.78 is 39.0. The summed E-state index contributed by atoms with van der Waals surface area (Å²) in [5, 5.41) is 24.1. The van der Waals surface area contributed by atoms with Crippen molar-refractivity contribution in [1.82, 2.24) is 24.9 Å². The molecule has 0 saturated heterocycles. The first kappa shape index (κ1) is 21.6. The van der Waals surface area contributed by atoms with Crippen LogP contribution in [0.2, 0.25) is 5.15 Å². The Morgan fingerprint density at radius 2 is 1.70 bits per heavy atom. The summed E-state index contributed by atoms with van der Waals surface area (Å²) in [5.41, 5.74) is -1.24. The zero-order valence-corrected chi connectivity index (χ0v) is 15.9. The molecule has 3 aromatic heterocycles. The third kappa shape index (κ3) is 5.72. The van der Waals surface area contributed by atoms with Crippen LogP contribution < -0.4 is 10.6 Å². The molecule has 0 saturated carbocycles. The molecule has 4 N–H and O–H groups in total. The number of nitrogens with one attached hydrogen (secondary N) is 2. The largest absolute Gasteiger partial charge is 0.433 e. The maximum absolute atomic E-state index is 13.0. The number of nitrogens with zero attached hydrogens (tertiary/aromatic N) is 5. The second kappa shape index (κ2) is 9.15. The first-order chi connectivity index (χ1) is 14.2. The van der Waals surface area contributed by atoms with Gasteiger partial charge in [-0.15, -0.1) is 0 Å². The molecule has 13 heteroatoms. The third-order valence-corrected chi connectivity index (χ3v) is 3.78. The number of rotatable bonds is 7. The Kier molecular flexibility index (Phi) is 6.59. The van der Waals surface area contributed by atoms with Crippen LogP contribution in [0.4, 0.5) is 30.9 Å². The van der Waals surface area contributed by atoms with Crippen LogP contribution in [0.25, 0.3) is 11.5 Å². The lowest BCUT2D eigenvalue weighted by molar-refractivity contribution is -0.141. The van der Waals surface area contributed by atoms with Gasteiger partial charge in [0.2, 0.25) is 11.9 Å². The smallest absolute Gasteiger partial charge is 0.394 e. The second-order valence-electron chi connectivity index (χ2n) is 5.90. The lowest BCUT2D eigenvalue weighted by Gasteiger charge is -2.12. The van der Waals surface area contributed by atoms with Crippen molar-refractivity contribution in [3.8, 4) is 11.5 Å². The third-order valence-electron chi connectivity index (χ3n) is 3.57. The van der Waals surface area contributed by atoms with Gasteiger partial charge >= 0.3 is 6.18 Å². The molecule has 30 heavy (non-hydrogen) atoms. The predicted octanol–water partition coefficient (Wildman–Crippen LogP) is 2.51. The van der Waals surface area contributed by atoms with E-state index in [1.165, 1.54) is 12.1 Å². The number of alkyl halides is 3. The van der Waals surface area contributed by atoms with Crippen LogP contribution >= 0.6 is 11.6 Å². The number of hydrogen-bond acceptors (Lipinski definition) is 9. The van der Waals surface area contributed by atoms with E-state index in [0.29, 0.717) is 0 Å². The van der Waals surface area contributed by atoms with Crippen LogP contribution in [0.1, 0.15) is 5.69 Å². The molecule has 1 unspecified atom stereocenters. The average Bonchev–Trinajstić information content (AvgIpc) is 2.71. The summed E-state index contributed by atoms with van der Waals surface area (Å²) in [5.74, 6) is 0.0332. The van der Waals surface area contributed by atoms with E-state index in [1.54, 1.807) is 18.2 Å². The van der Waals surface area contributed by atoms with Gasteiger partial charge in [-0.3, -0.25) is 0 Å². The standard InChI is InChI=1S/C17H15ClF3N7O2/c18-12-5-2-6-13(24-12)25-16-27-14(26-15(28-16)22-7-9(30)8-29)10-3-1-4-11(23-10)17(19,20)21/h1-6,9,29-30H,7-8H2,(H2,22,24,25,26,27,28). The van der Waals surface area contributed by atoms with Gasteiger partial charge in [0.05, 0.1) is 12.7 Å². The molecule has 3 rings (SSSR count). The SMILES string of the molecule is OCC(O)CNc1nc(Nc2cccc(Cl)n2)nc(-c2cccc(C(F)(F)F)n2)n1. The van der Waals surface area contributed by atoms with Crippen molar-refractivity contribution in [2.45, 2.75) is 12.3 Å². The minimum Gasteiger partial charge on any atom is -0.394 e. The van der Waals surface area contributed by atoms with Gasteiger partial charge in [-0.25, -0.2) is 9.97 Å². The van der Waals surface area contributed by atoms with Gasteiger partial charge in [0.1, 0.15) is 22.4 Å². The number of pyridine rings is 2. The number of aromatic nitrogens is 5. The highest BCUT2D eigenvalue weighted by atomic mass is 35.5. The monoisotopic (exact) mass is 441 g/mol. The molecule has 0 aromatic carbocycles. The van der Waals surface area contributed by atoms with E-state index in [1.807, 2.05) is 0 Å². The van der Waals surface area contributed by atoms with Crippen molar-refractivity contribution in [1.29, 1.82) is 0 Å². The van der Waals surface area contributed by atoms with Crippen LogP contribution in [-0.2, 0) is 6.18 Å². The van der Waals surface area contributed by atoms with Gasteiger partial charge in [-0.1, -0.05) is 23.7 Å². The van der Waals surface area contributed by atoms with Gasteiger partial charge < -0.3 is 20.8 Å². The molecule has 0 spiro atoms. The van der Waals surface area contributed by atoms with Crippen molar-refractivity contribution in [2.24, 2.45) is 0 Å². The lowest BCUT2D eigenvalue weighted by atomic mass is 10.3. The normalized spacial score (nSPS) is 12.5. The van der Waals surface area contributed by atoms with E-state index in [9.17, 15) is 18.3 Å². The Balaban J connectivity index is 1.99. The molecule has 0 aliphatic heterocycles. The summed E-state index contributed by atoms with van der Waals surface area (Å²) in [7, 11) is 0. The van der Waals surface area contributed by atoms with Crippen molar-refractivity contribution >= 4 is 29.3 Å². The van der Waals surface area contributed by atoms with Gasteiger partial charge in [0.15, 0.2) is 5.82 Å². The van der Waals surface area contributed by atoms with Gasteiger partial charge in [-0.2, -0.15) is 28.1 Å². The molecule has 158 valence electrons. The van der Waals surface area contributed by atoms with Crippen LogP contribution in [-0.4, -0.2) is 54.4 Å². The van der Waals surface area contributed by atoms with Crippen molar-refractivity contribution in [3.05, 3.63) is 47.2 Å². The minimum atomic E-state index is -4.64. The quantitative estimate of drug-likeness (QED) is 0.408. The molecular weight excluding hydrogens is 427 g/mol. The summed E-state index contributed by atoms with van der Waals surface area (Å²) >= 11 is 5.85. The highest BCUT2D eigenvalue weighted by molar-refractivity contribution is 6.29. The number of aliphatic hydroxyl groups excluding tert-OH is 2.